The molecule has 1 aliphatic heterocycles. The number of para-hydroxylation sites is 1. The molecule has 0 aromatic heterocycles. The molecular formula is C12H15NO2. The van der Waals surface area contributed by atoms with Crippen molar-refractivity contribution in [2.24, 2.45) is 0 Å². The van der Waals surface area contributed by atoms with Crippen molar-refractivity contribution in [1.29, 1.82) is 0 Å². The molecule has 0 bridgehead atoms. The van der Waals surface area contributed by atoms with Crippen LogP contribution in [0.5, 0.6) is 5.75 Å². The average molecular weight is 205 g/mol. The van der Waals surface area contributed by atoms with Gasteiger partial charge in [-0.1, -0.05) is 18.2 Å². The summed E-state index contributed by atoms with van der Waals surface area (Å²) in [6.45, 7) is 0.796. The van der Waals surface area contributed by atoms with Gasteiger partial charge in [-0.05, 0) is 18.9 Å². The molecule has 1 atom stereocenters. The molecule has 1 N–H and O–H groups in total. The molecule has 0 radical (unpaired) electrons. The second-order valence-corrected chi connectivity index (χ2v) is 3.73. The highest BCUT2D eigenvalue weighted by Crippen LogP contribution is 2.31. The van der Waals surface area contributed by atoms with Crippen LogP contribution in [0.2, 0.25) is 0 Å². The Labute approximate surface area is 89.4 Å². The third kappa shape index (κ3) is 1.96. The Morgan fingerprint density at radius 1 is 1.40 bits per heavy atom. The lowest BCUT2D eigenvalue weighted by atomic mass is 9.90. The van der Waals surface area contributed by atoms with Gasteiger partial charge in [0.25, 0.3) is 0 Å². The number of rotatable bonds is 2. The lowest BCUT2D eigenvalue weighted by Crippen LogP contribution is -2.35. The zero-order chi connectivity index (χ0) is 10.7. The minimum atomic E-state index is -0.0464. The first-order valence-electron chi connectivity index (χ1n) is 5.23. The molecule has 1 aromatic rings. The number of carbonyl (C=O) groups is 1. The van der Waals surface area contributed by atoms with Gasteiger partial charge >= 0.3 is 0 Å². The summed E-state index contributed by atoms with van der Waals surface area (Å²) in [4.78, 5) is 11.7. The Balaban J connectivity index is 2.30. The molecule has 1 aliphatic rings. The second kappa shape index (κ2) is 4.34. The van der Waals surface area contributed by atoms with Crippen LogP contribution in [0, 0.1) is 0 Å². The van der Waals surface area contributed by atoms with Crippen molar-refractivity contribution in [3.63, 3.8) is 0 Å². The summed E-state index contributed by atoms with van der Waals surface area (Å²) < 4.78 is 5.27. The van der Waals surface area contributed by atoms with Gasteiger partial charge in [-0.25, -0.2) is 0 Å². The van der Waals surface area contributed by atoms with Crippen molar-refractivity contribution in [2.45, 2.75) is 18.8 Å². The van der Waals surface area contributed by atoms with Crippen molar-refractivity contribution in [3.05, 3.63) is 29.8 Å². The van der Waals surface area contributed by atoms with Gasteiger partial charge in [-0.2, -0.15) is 0 Å². The SMILES string of the molecule is COc1ccccc1[C@@H]1CCCNC1=O. The van der Waals surface area contributed by atoms with Gasteiger partial charge in [0.2, 0.25) is 5.91 Å². The summed E-state index contributed by atoms with van der Waals surface area (Å²) >= 11 is 0. The van der Waals surface area contributed by atoms with E-state index in [1.165, 1.54) is 0 Å². The van der Waals surface area contributed by atoms with Crippen molar-refractivity contribution >= 4 is 5.91 Å². The largest absolute Gasteiger partial charge is 0.496 e. The van der Waals surface area contributed by atoms with Crippen LogP contribution in [0.3, 0.4) is 0 Å². The smallest absolute Gasteiger partial charge is 0.227 e. The molecule has 15 heavy (non-hydrogen) atoms. The third-order valence-corrected chi connectivity index (χ3v) is 2.80. The molecule has 1 saturated heterocycles. The maximum atomic E-state index is 11.7. The maximum absolute atomic E-state index is 11.7. The highest BCUT2D eigenvalue weighted by molar-refractivity contribution is 5.85. The zero-order valence-electron chi connectivity index (χ0n) is 8.82. The standard InChI is InChI=1S/C12H15NO2/c1-15-11-7-3-2-5-9(11)10-6-4-8-13-12(10)14/h2-3,5,7,10H,4,6,8H2,1H3,(H,13,14)/t10-/m0/s1. The molecule has 1 aromatic carbocycles. The number of carbonyl (C=O) groups excluding carboxylic acids is 1. The number of piperidine rings is 1. The number of hydrogen-bond donors (Lipinski definition) is 1. The molecule has 2 rings (SSSR count). The van der Waals surface area contributed by atoms with Crippen molar-refractivity contribution in [3.8, 4) is 5.75 Å². The average Bonchev–Trinajstić information content (AvgIpc) is 2.30. The molecule has 80 valence electrons. The second-order valence-electron chi connectivity index (χ2n) is 3.73. The van der Waals surface area contributed by atoms with Crippen LogP contribution in [0.1, 0.15) is 24.3 Å². The normalized spacial score (nSPS) is 20.9. The van der Waals surface area contributed by atoms with E-state index in [9.17, 15) is 4.79 Å². The molecule has 0 unspecified atom stereocenters. The molecule has 0 saturated carbocycles. The topological polar surface area (TPSA) is 38.3 Å². The minimum Gasteiger partial charge on any atom is -0.496 e. The molecule has 0 aliphatic carbocycles. The Bertz CT molecular complexity index is 362. The Hall–Kier alpha value is -1.51. The molecule has 1 heterocycles. The van der Waals surface area contributed by atoms with Gasteiger partial charge in [-0.15, -0.1) is 0 Å². The van der Waals surface area contributed by atoms with Crippen LogP contribution < -0.4 is 10.1 Å². The number of hydrogen-bond acceptors (Lipinski definition) is 2. The van der Waals surface area contributed by atoms with Crippen LogP contribution in [0.4, 0.5) is 0 Å². The fourth-order valence-electron chi connectivity index (χ4n) is 2.02. The molecule has 1 amide bonds. The Kier molecular flexibility index (Phi) is 2.90. The van der Waals surface area contributed by atoms with Crippen LogP contribution in [0.25, 0.3) is 0 Å². The molecule has 0 spiro atoms. The summed E-state index contributed by atoms with van der Waals surface area (Å²) in [7, 11) is 1.64. The zero-order valence-corrected chi connectivity index (χ0v) is 8.82. The van der Waals surface area contributed by atoms with E-state index in [1.807, 2.05) is 24.3 Å². The van der Waals surface area contributed by atoms with Gasteiger partial charge in [0.15, 0.2) is 0 Å². The first-order valence-corrected chi connectivity index (χ1v) is 5.23. The number of methoxy groups -OCH3 is 1. The van der Waals surface area contributed by atoms with E-state index in [1.54, 1.807) is 7.11 Å². The summed E-state index contributed by atoms with van der Waals surface area (Å²) in [6.07, 6.45) is 1.95. The number of benzene rings is 1. The quantitative estimate of drug-likeness (QED) is 0.797. The lowest BCUT2D eigenvalue weighted by Gasteiger charge is -2.23. The van der Waals surface area contributed by atoms with Crippen LogP contribution in [-0.2, 0) is 4.79 Å². The number of amides is 1. The van der Waals surface area contributed by atoms with Crippen LogP contribution in [0.15, 0.2) is 24.3 Å². The van der Waals surface area contributed by atoms with Crippen LogP contribution >= 0.6 is 0 Å². The monoisotopic (exact) mass is 205 g/mol. The highest BCUT2D eigenvalue weighted by atomic mass is 16.5. The van der Waals surface area contributed by atoms with E-state index < -0.39 is 0 Å². The molecule has 3 heteroatoms. The Morgan fingerprint density at radius 3 is 2.93 bits per heavy atom. The number of nitrogens with one attached hydrogen (secondary N) is 1. The predicted octanol–water partition coefficient (Wildman–Crippen LogP) is 1.69. The van der Waals surface area contributed by atoms with E-state index in [4.69, 9.17) is 4.74 Å². The summed E-state index contributed by atoms with van der Waals surface area (Å²) in [5.74, 6) is 0.875. The fourth-order valence-corrected chi connectivity index (χ4v) is 2.02. The van der Waals surface area contributed by atoms with E-state index in [0.717, 1.165) is 30.7 Å². The van der Waals surface area contributed by atoms with Gasteiger partial charge in [0.05, 0.1) is 13.0 Å². The first kappa shape index (κ1) is 10.0. The van der Waals surface area contributed by atoms with Crippen LogP contribution in [-0.4, -0.2) is 19.6 Å². The minimum absolute atomic E-state index is 0.0464. The van der Waals surface area contributed by atoms with Gasteiger partial charge in [0, 0.05) is 12.1 Å². The van der Waals surface area contributed by atoms with E-state index in [0.29, 0.717) is 0 Å². The molecular weight excluding hydrogens is 190 g/mol. The third-order valence-electron chi connectivity index (χ3n) is 2.80. The number of ether oxygens (including phenoxy) is 1. The first-order chi connectivity index (χ1) is 7.33. The van der Waals surface area contributed by atoms with E-state index in [2.05, 4.69) is 5.32 Å². The molecule has 1 fully saturated rings. The molecule has 3 nitrogen and oxygen atoms in total. The highest BCUT2D eigenvalue weighted by Gasteiger charge is 2.25. The van der Waals surface area contributed by atoms with Crippen molar-refractivity contribution in [1.82, 2.24) is 5.32 Å². The summed E-state index contributed by atoms with van der Waals surface area (Å²) in [6, 6.07) is 7.73. The summed E-state index contributed by atoms with van der Waals surface area (Å²) in [5.41, 5.74) is 0.997. The van der Waals surface area contributed by atoms with Gasteiger partial charge in [-0.3, -0.25) is 4.79 Å². The summed E-state index contributed by atoms with van der Waals surface area (Å²) in [5, 5.41) is 2.89. The van der Waals surface area contributed by atoms with Crippen molar-refractivity contribution < 1.29 is 9.53 Å². The van der Waals surface area contributed by atoms with E-state index >= 15 is 0 Å². The predicted molar refractivity (Wildman–Crippen MR) is 58.0 cm³/mol. The van der Waals surface area contributed by atoms with E-state index in [-0.39, 0.29) is 11.8 Å². The fraction of sp³-hybridized carbons (Fsp3) is 0.417. The van der Waals surface area contributed by atoms with Crippen molar-refractivity contribution in [2.75, 3.05) is 13.7 Å². The van der Waals surface area contributed by atoms with Gasteiger partial charge in [0.1, 0.15) is 5.75 Å². The lowest BCUT2D eigenvalue weighted by molar-refractivity contribution is -0.123. The van der Waals surface area contributed by atoms with Gasteiger partial charge < -0.3 is 10.1 Å². The maximum Gasteiger partial charge on any atom is 0.227 e. The Morgan fingerprint density at radius 2 is 2.20 bits per heavy atom.